The zero-order valence-electron chi connectivity index (χ0n) is 32.9. The number of carbonyl (C=O) groups excluding carboxylic acids is 6. The summed E-state index contributed by atoms with van der Waals surface area (Å²) in [6.07, 6.45) is 0.622. The third-order valence-corrected chi connectivity index (χ3v) is 12.1. The van der Waals surface area contributed by atoms with Crippen LogP contribution in [0.3, 0.4) is 0 Å². The number of benzene rings is 3. The first-order chi connectivity index (χ1) is 28.8. The van der Waals surface area contributed by atoms with E-state index in [1.165, 1.54) is 6.92 Å². The van der Waals surface area contributed by atoms with E-state index in [4.69, 9.17) is 17.2 Å². The number of aliphatic hydroxyl groups is 1. The summed E-state index contributed by atoms with van der Waals surface area (Å²) in [4.78, 5) is 87.8. The van der Waals surface area contributed by atoms with Crippen LogP contribution in [-0.2, 0) is 41.6 Å². The summed E-state index contributed by atoms with van der Waals surface area (Å²) < 4.78 is 0. The van der Waals surface area contributed by atoms with Crippen LogP contribution in [0.5, 0.6) is 0 Å². The van der Waals surface area contributed by atoms with Crippen LogP contribution in [-0.4, -0.2) is 113 Å². The van der Waals surface area contributed by atoms with Gasteiger partial charge in [0.15, 0.2) is 5.96 Å². The molecule has 0 radical (unpaired) electrons. The summed E-state index contributed by atoms with van der Waals surface area (Å²) >= 11 is 0. The normalized spacial score (nSPS) is 22.8. The minimum absolute atomic E-state index is 0.00449. The molecule has 0 aliphatic carbocycles. The summed E-state index contributed by atoms with van der Waals surface area (Å²) in [7, 11) is 2.29. The Morgan fingerprint density at radius 3 is 2.25 bits per heavy atom. The minimum atomic E-state index is -1.45. The zero-order chi connectivity index (χ0) is 43.2. The fourth-order valence-electron chi connectivity index (χ4n) is 6.61. The molecule has 0 bridgehead atoms. The highest BCUT2D eigenvalue weighted by Gasteiger charge is 2.32. The van der Waals surface area contributed by atoms with Crippen LogP contribution in [0, 0.1) is 0 Å². The van der Waals surface area contributed by atoms with Crippen molar-refractivity contribution in [1.29, 1.82) is 0 Å². The number of carbonyl (C=O) groups is 6. The summed E-state index contributed by atoms with van der Waals surface area (Å²) in [6.45, 7) is 1.04. The highest BCUT2D eigenvalue weighted by atomic mass is 33.1. The van der Waals surface area contributed by atoms with Gasteiger partial charge in [-0.3, -0.25) is 39.1 Å². The quantitative estimate of drug-likeness (QED) is 0.0412. The third-order valence-electron chi connectivity index (χ3n) is 9.65. The number of nitrogens with zero attached hydrogens (tertiary/aromatic N) is 1. The number of rotatable bonds is 10. The fourth-order valence-corrected chi connectivity index (χ4v) is 8.96. The number of amides is 6. The van der Waals surface area contributed by atoms with Crippen LogP contribution >= 0.6 is 21.6 Å². The van der Waals surface area contributed by atoms with E-state index in [1.54, 1.807) is 6.20 Å². The maximum atomic E-state index is 14.3. The number of fused-ring (bicyclic) bond motifs is 2. The van der Waals surface area contributed by atoms with Gasteiger partial charge in [-0.25, -0.2) is 0 Å². The SMILES string of the molecule is CC(=O)N[C@H]1CSSC[C@@H](C(N)=O)NC(=O)[C@H](Cc2c[nH]c3ccccc23)NC(=O)[C@H](CCCN=C(N)N)NC(=O)[C@@H](Cc2ccc3ccccc3c2)NC(O)CNC1=O. The molecule has 1 unspecified atom stereocenters. The molecule has 1 aromatic heterocycles. The molecule has 1 aliphatic heterocycles. The van der Waals surface area contributed by atoms with Gasteiger partial charge in [0.25, 0.3) is 0 Å². The van der Waals surface area contributed by atoms with Gasteiger partial charge in [-0.15, -0.1) is 0 Å². The maximum absolute atomic E-state index is 14.3. The van der Waals surface area contributed by atoms with Gasteiger partial charge in [-0.1, -0.05) is 82.3 Å². The Bertz CT molecular complexity index is 2200. The van der Waals surface area contributed by atoms with Crippen molar-refractivity contribution in [2.75, 3.05) is 24.6 Å². The average molecular weight is 862 g/mol. The van der Waals surface area contributed by atoms with Gasteiger partial charge < -0.3 is 53.9 Å². The van der Waals surface area contributed by atoms with Crippen LogP contribution in [0.15, 0.2) is 77.9 Å². The van der Waals surface area contributed by atoms with E-state index in [-0.39, 0.29) is 56.2 Å². The molecule has 14 N–H and O–H groups in total. The van der Waals surface area contributed by atoms with E-state index in [0.717, 1.165) is 48.8 Å². The van der Waals surface area contributed by atoms with Gasteiger partial charge in [0.05, 0.1) is 12.6 Å². The molecule has 0 saturated carbocycles. The molecular weight excluding hydrogens is 811 g/mol. The number of nitrogens with two attached hydrogens (primary N) is 3. The number of hydrogen-bond donors (Lipinski definition) is 11. The Morgan fingerprint density at radius 1 is 0.817 bits per heavy atom. The lowest BCUT2D eigenvalue weighted by Gasteiger charge is -2.28. The number of aromatic amines is 1. The molecule has 1 aliphatic rings. The van der Waals surface area contributed by atoms with E-state index in [1.807, 2.05) is 66.7 Å². The van der Waals surface area contributed by atoms with Gasteiger partial charge in [-0.2, -0.15) is 0 Å². The minimum Gasteiger partial charge on any atom is -0.377 e. The Hall–Kier alpha value is -5.83. The summed E-state index contributed by atoms with van der Waals surface area (Å²) in [5.74, 6) is -4.12. The van der Waals surface area contributed by atoms with Crippen molar-refractivity contribution in [3.8, 4) is 0 Å². The number of β-amino-alcohol motifs (C(OH)–C–C–N with tert-alkyl or cyclic N) is 1. The number of nitrogens with one attached hydrogen (secondary N) is 7. The lowest BCUT2D eigenvalue weighted by Crippen LogP contribution is -2.60. The van der Waals surface area contributed by atoms with E-state index in [0.29, 0.717) is 5.56 Å². The molecule has 1 saturated heterocycles. The Balaban J connectivity index is 1.50. The predicted molar refractivity (Wildman–Crippen MR) is 233 cm³/mol. The Labute approximate surface area is 354 Å². The monoisotopic (exact) mass is 861 g/mol. The lowest BCUT2D eigenvalue weighted by atomic mass is 10.00. The summed E-state index contributed by atoms with van der Waals surface area (Å²) in [5.41, 5.74) is 19.0. The number of para-hydroxylation sites is 1. The molecule has 0 spiro atoms. The van der Waals surface area contributed by atoms with Crippen LogP contribution < -0.4 is 49.1 Å². The van der Waals surface area contributed by atoms with Crippen LogP contribution in [0.1, 0.15) is 30.9 Å². The lowest BCUT2D eigenvalue weighted by molar-refractivity contribution is -0.133. The van der Waals surface area contributed by atoms with Crippen molar-refractivity contribution < 1.29 is 33.9 Å². The number of H-pyrrole nitrogens is 1. The van der Waals surface area contributed by atoms with Crippen molar-refractivity contribution in [2.45, 2.75) is 69.0 Å². The number of aromatic nitrogens is 1. The standard InChI is InChI=1S/C40H51N11O7S2/c1-22(52)47-33-21-60-59-20-32(35(41)54)51-39(58)31(17-26-18-45-28-10-5-4-9-27(26)28)50-37(56)29(11-6-14-44-40(42)43)49-38(57)30(48-34(53)19-46-36(33)55)16-23-12-13-24-7-2-3-8-25(24)15-23/h2-5,7-10,12-13,15,18,29-34,45,48,53H,6,11,14,16-17,19-21H2,1H3,(H2,41,54)(H,46,55)(H,47,52)(H,49,57)(H,50,56)(H,51,58)(H4,42,43,44)/t29-,30+,31-,32-,33-,34?/m0/s1. The van der Waals surface area contributed by atoms with Crippen LogP contribution in [0.4, 0.5) is 0 Å². The molecule has 320 valence electrons. The van der Waals surface area contributed by atoms with E-state index < -0.39 is 71.9 Å². The molecule has 6 amide bonds. The van der Waals surface area contributed by atoms with E-state index >= 15 is 0 Å². The van der Waals surface area contributed by atoms with Crippen LogP contribution in [0.2, 0.25) is 0 Å². The first-order valence-electron chi connectivity index (χ1n) is 19.3. The molecule has 1 fully saturated rings. The molecule has 3 aromatic carbocycles. The zero-order valence-corrected chi connectivity index (χ0v) is 34.6. The number of primary amides is 1. The Kier molecular flexibility index (Phi) is 16.6. The molecule has 2 heterocycles. The first kappa shape index (κ1) is 45.3. The average Bonchev–Trinajstić information content (AvgIpc) is 3.62. The molecule has 6 atom stereocenters. The number of guanidine groups is 1. The Morgan fingerprint density at radius 2 is 1.50 bits per heavy atom. The van der Waals surface area contributed by atoms with Crippen molar-refractivity contribution in [2.24, 2.45) is 22.2 Å². The smallest absolute Gasteiger partial charge is 0.243 e. The second-order valence-corrected chi connectivity index (χ2v) is 16.8. The van der Waals surface area contributed by atoms with Gasteiger partial charge in [0, 0.05) is 48.5 Å². The molecule has 5 rings (SSSR count). The van der Waals surface area contributed by atoms with E-state index in [2.05, 4.69) is 41.9 Å². The summed E-state index contributed by atoms with van der Waals surface area (Å²) in [6, 6.07) is 14.9. The molecule has 20 heteroatoms. The molecular formula is C40H51N11O7S2. The van der Waals surface area contributed by atoms with Gasteiger partial charge in [-0.05, 0) is 47.2 Å². The van der Waals surface area contributed by atoms with Gasteiger partial charge in [0.2, 0.25) is 35.4 Å². The fraction of sp³-hybridized carbons (Fsp3) is 0.375. The topological polar surface area (TPSA) is 301 Å². The molecule has 18 nitrogen and oxygen atoms in total. The van der Waals surface area contributed by atoms with Gasteiger partial charge in [0.1, 0.15) is 30.4 Å². The first-order valence-corrected chi connectivity index (χ1v) is 21.8. The largest absolute Gasteiger partial charge is 0.377 e. The maximum Gasteiger partial charge on any atom is 0.243 e. The highest BCUT2D eigenvalue weighted by Crippen LogP contribution is 2.24. The molecule has 60 heavy (non-hydrogen) atoms. The van der Waals surface area contributed by atoms with Crippen molar-refractivity contribution in [3.63, 3.8) is 0 Å². The highest BCUT2D eigenvalue weighted by molar-refractivity contribution is 8.76. The number of hydrogen-bond acceptors (Lipinski definition) is 11. The van der Waals surface area contributed by atoms with Crippen molar-refractivity contribution >= 4 is 84.7 Å². The van der Waals surface area contributed by atoms with Crippen molar-refractivity contribution in [1.82, 2.24) is 36.9 Å². The van der Waals surface area contributed by atoms with Crippen LogP contribution in [0.25, 0.3) is 21.7 Å². The predicted octanol–water partition coefficient (Wildman–Crippen LogP) is -0.608. The van der Waals surface area contributed by atoms with Crippen molar-refractivity contribution in [3.05, 3.63) is 84.1 Å². The van der Waals surface area contributed by atoms with E-state index in [9.17, 15) is 33.9 Å². The molecule has 4 aromatic rings. The number of aliphatic imine (C=N–C) groups is 1. The third kappa shape index (κ3) is 13.3. The number of aliphatic hydroxyl groups excluding tert-OH is 1. The second-order valence-electron chi connectivity index (χ2n) is 14.3. The summed E-state index contributed by atoms with van der Waals surface area (Å²) in [5, 5.41) is 30.2. The van der Waals surface area contributed by atoms with Gasteiger partial charge >= 0.3 is 0 Å². The second kappa shape index (κ2) is 22.0.